The minimum Gasteiger partial charge on any atom is -0.322 e. The maximum Gasteiger partial charge on any atom is 0.250 e. The van der Waals surface area contributed by atoms with Crippen LogP contribution in [-0.2, 0) is 9.59 Å². The van der Waals surface area contributed by atoms with Gasteiger partial charge in [-0.3, -0.25) is 14.5 Å². The summed E-state index contributed by atoms with van der Waals surface area (Å²) in [5.74, 6) is -0.281. The topological polar surface area (TPSA) is 62.3 Å². The quantitative estimate of drug-likeness (QED) is 0.847. The van der Waals surface area contributed by atoms with Crippen LogP contribution in [0.15, 0.2) is 34.0 Å². The Hall–Kier alpha value is -1.86. The van der Waals surface area contributed by atoms with Crippen LogP contribution in [0.4, 0.5) is 11.4 Å². The van der Waals surface area contributed by atoms with Gasteiger partial charge in [0, 0.05) is 11.1 Å². The van der Waals surface area contributed by atoms with Gasteiger partial charge in [0.15, 0.2) is 4.34 Å². The normalized spacial score (nSPS) is 17.2. The average molecular weight is 361 g/mol. The molecule has 1 aliphatic rings. The summed E-state index contributed by atoms with van der Waals surface area (Å²) in [5, 5.41) is 4.50. The molecule has 0 radical (unpaired) electrons. The molecule has 1 aromatic carbocycles. The minimum atomic E-state index is -0.945. The summed E-state index contributed by atoms with van der Waals surface area (Å²) >= 11 is 2.96. The number of para-hydroxylation sites is 2. The molecular formula is C17H19N3O2S2. The molecule has 2 heterocycles. The molecule has 0 spiro atoms. The van der Waals surface area contributed by atoms with Crippen molar-refractivity contribution in [2.75, 3.05) is 10.2 Å². The first-order valence-electron chi connectivity index (χ1n) is 7.64. The molecule has 0 fully saturated rings. The Kier molecular flexibility index (Phi) is 4.40. The van der Waals surface area contributed by atoms with Crippen LogP contribution in [0.1, 0.15) is 26.5 Å². The van der Waals surface area contributed by atoms with Crippen LogP contribution in [0.2, 0.25) is 0 Å². The highest BCUT2D eigenvalue weighted by atomic mass is 32.2. The maximum atomic E-state index is 13.1. The lowest BCUT2D eigenvalue weighted by atomic mass is 9.96. The van der Waals surface area contributed by atoms with Crippen LogP contribution >= 0.6 is 23.1 Å². The smallest absolute Gasteiger partial charge is 0.250 e. The lowest BCUT2D eigenvalue weighted by Crippen LogP contribution is -2.60. The molecule has 3 rings (SSSR count). The van der Waals surface area contributed by atoms with E-state index in [1.807, 2.05) is 43.5 Å². The van der Waals surface area contributed by atoms with E-state index < -0.39 is 5.54 Å². The zero-order chi connectivity index (χ0) is 17.5. The molecule has 24 heavy (non-hydrogen) atoms. The second-order valence-corrected chi connectivity index (χ2v) is 8.66. The number of nitrogens with zero attached hydrogens (tertiary/aromatic N) is 2. The van der Waals surface area contributed by atoms with Gasteiger partial charge < -0.3 is 5.32 Å². The van der Waals surface area contributed by atoms with Gasteiger partial charge in [0.25, 0.3) is 0 Å². The molecule has 0 bridgehead atoms. The Balaban J connectivity index is 1.93. The van der Waals surface area contributed by atoms with E-state index in [1.54, 1.807) is 18.7 Å². The Bertz CT molecular complexity index is 801. The number of fused-ring (bicyclic) bond motifs is 1. The van der Waals surface area contributed by atoms with Crippen LogP contribution in [-0.4, -0.2) is 27.6 Å². The number of nitrogens with one attached hydrogen (secondary N) is 1. The van der Waals surface area contributed by atoms with E-state index in [2.05, 4.69) is 10.3 Å². The van der Waals surface area contributed by atoms with Crippen molar-refractivity contribution in [2.24, 2.45) is 0 Å². The predicted molar refractivity (Wildman–Crippen MR) is 98.8 cm³/mol. The van der Waals surface area contributed by atoms with Crippen molar-refractivity contribution in [3.05, 3.63) is 35.3 Å². The number of hydrogen-bond acceptors (Lipinski definition) is 5. The summed E-state index contributed by atoms with van der Waals surface area (Å²) in [6.45, 7) is 7.32. The molecule has 0 aliphatic carbocycles. The molecule has 2 amide bonds. The number of rotatable bonds is 3. The van der Waals surface area contributed by atoms with Crippen molar-refractivity contribution in [1.29, 1.82) is 0 Å². The van der Waals surface area contributed by atoms with Crippen molar-refractivity contribution >= 4 is 46.3 Å². The van der Waals surface area contributed by atoms with Gasteiger partial charge in [0.05, 0.1) is 16.6 Å². The van der Waals surface area contributed by atoms with Crippen molar-refractivity contribution in [2.45, 2.75) is 42.8 Å². The van der Waals surface area contributed by atoms with Crippen LogP contribution in [0.3, 0.4) is 0 Å². The monoisotopic (exact) mass is 361 g/mol. The molecule has 1 aliphatic heterocycles. The molecule has 0 unspecified atom stereocenters. The molecule has 0 saturated heterocycles. The van der Waals surface area contributed by atoms with Crippen molar-refractivity contribution in [3.8, 4) is 0 Å². The second kappa shape index (κ2) is 6.22. The third-order valence-corrected chi connectivity index (χ3v) is 6.13. The zero-order valence-electron chi connectivity index (χ0n) is 14.0. The lowest BCUT2D eigenvalue weighted by Gasteiger charge is -2.43. The SMILES string of the molecule is Cc1csc(S[C@H](C)C(=O)N2c3ccccc3NC(=O)C2(C)C)n1. The van der Waals surface area contributed by atoms with Gasteiger partial charge in [0.1, 0.15) is 5.54 Å². The van der Waals surface area contributed by atoms with E-state index in [9.17, 15) is 9.59 Å². The summed E-state index contributed by atoms with van der Waals surface area (Å²) in [5.41, 5.74) is 1.40. The Morgan fingerprint density at radius 3 is 2.75 bits per heavy atom. The number of carbonyl (C=O) groups is 2. The molecule has 5 nitrogen and oxygen atoms in total. The van der Waals surface area contributed by atoms with E-state index in [4.69, 9.17) is 0 Å². The second-order valence-electron chi connectivity index (χ2n) is 6.22. The molecule has 7 heteroatoms. The number of anilines is 2. The lowest BCUT2D eigenvalue weighted by molar-refractivity contribution is -0.126. The fourth-order valence-corrected chi connectivity index (χ4v) is 4.64. The van der Waals surface area contributed by atoms with Gasteiger partial charge in [-0.2, -0.15) is 0 Å². The standard InChI is InChI=1S/C17H19N3O2S2/c1-10-9-23-16(18-10)24-11(2)14(21)20-13-8-6-5-7-12(13)19-15(22)17(20,3)4/h5-9,11H,1-4H3,(H,19,22)/t11-/m1/s1. The number of aryl methyl sites for hydroxylation is 1. The molecule has 1 aromatic heterocycles. The summed E-state index contributed by atoms with van der Waals surface area (Å²) in [4.78, 5) is 31.6. The predicted octanol–water partition coefficient (Wildman–Crippen LogP) is 3.70. The molecule has 1 atom stereocenters. The highest BCUT2D eigenvalue weighted by Crippen LogP contribution is 2.39. The minimum absolute atomic E-state index is 0.0971. The number of hydrogen-bond donors (Lipinski definition) is 1. The largest absolute Gasteiger partial charge is 0.322 e. The zero-order valence-corrected chi connectivity index (χ0v) is 15.6. The molecule has 126 valence electrons. The number of amides is 2. The summed E-state index contributed by atoms with van der Waals surface area (Å²) in [7, 11) is 0. The Morgan fingerprint density at radius 1 is 1.38 bits per heavy atom. The number of thioether (sulfide) groups is 1. The van der Waals surface area contributed by atoms with Crippen LogP contribution in [0.5, 0.6) is 0 Å². The number of aromatic nitrogens is 1. The van der Waals surface area contributed by atoms with Gasteiger partial charge in [0.2, 0.25) is 11.8 Å². The van der Waals surface area contributed by atoms with Gasteiger partial charge in [-0.25, -0.2) is 4.98 Å². The maximum absolute atomic E-state index is 13.1. The fourth-order valence-electron chi connectivity index (χ4n) is 2.62. The molecule has 0 saturated carbocycles. The van der Waals surface area contributed by atoms with Crippen LogP contribution in [0.25, 0.3) is 0 Å². The molecule has 1 N–H and O–H groups in total. The van der Waals surface area contributed by atoms with Gasteiger partial charge in [-0.1, -0.05) is 23.9 Å². The summed E-state index contributed by atoms with van der Waals surface area (Å²) in [6, 6.07) is 7.38. The molecular weight excluding hydrogens is 342 g/mol. The average Bonchev–Trinajstić information content (AvgIpc) is 2.93. The fraction of sp³-hybridized carbons (Fsp3) is 0.353. The van der Waals surface area contributed by atoms with Crippen molar-refractivity contribution < 1.29 is 9.59 Å². The van der Waals surface area contributed by atoms with E-state index >= 15 is 0 Å². The third kappa shape index (κ3) is 2.93. The first-order chi connectivity index (χ1) is 11.3. The third-order valence-electron chi connectivity index (χ3n) is 3.95. The summed E-state index contributed by atoms with van der Waals surface area (Å²) < 4.78 is 0.862. The molecule has 2 aromatic rings. The van der Waals surface area contributed by atoms with Gasteiger partial charge in [-0.15, -0.1) is 11.3 Å². The van der Waals surface area contributed by atoms with Crippen LogP contribution in [0, 0.1) is 6.92 Å². The number of thiazole rings is 1. The Labute approximate surface area is 149 Å². The van der Waals surface area contributed by atoms with E-state index in [1.165, 1.54) is 23.1 Å². The van der Waals surface area contributed by atoms with Gasteiger partial charge >= 0.3 is 0 Å². The number of carbonyl (C=O) groups excluding carboxylic acids is 2. The van der Waals surface area contributed by atoms with E-state index in [0.717, 1.165) is 15.7 Å². The number of benzene rings is 1. The van der Waals surface area contributed by atoms with Crippen molar-refractivity contribution in [1.82, 2.24) is 4.98 Å². The van der Waals surface area contributed by atoms with Crippen LogP contribution < -0.4 is 10.2 Å². The highest BCUT2D eigenvalue weighted by molar-refractivity contribution is 8.02. The first-order valence-corrected chi connectivity index (χ1v) is 9.40. The van der Waals surface area contributed by atoms with Gasteiger partial charge in [-0.05, 0) is 39.8 Å². The van der Waals surface area contributed by atoms with E-state index in [-0.39, 0.29) is 17.1 Å². The Morgan fingerprint density at radius 2 is 2.08 bits per heavy atom. The first kappa shape index (κ1) is 17.0. The van der Waals surface area contributed by atoms with E-state index in [0.29, 0.717) is 5.69 Å². The van der Waals surface area contributed by atoms with Crippen molar-refractivity contribution in [3.63, 3.8) is 0 Å². The highest BCUT2D eigenvalue weighted by Gasteiger charge is 2.44. The summed E-state index contributed by atoms with van der Waals surface area (Å²) in [6.07, 6.45) is 0.